The standard InChI is InChI=1S/C13H25N3/c1-4-7-12(8-14)16-10-15-9-13(16)11(5-2)6-3/h9-12H,4-8,14H2,1-3H3. The van der Waals surface area contributed by atoms with E-state index in [2.05, 4.69) is 30.3 Å². The Morgan fingerprint density at radius 2 is 2.00 bits per heavy atom. The van der Waals surface area contributed by atoms with E-state index in [4.69, 9.17) is 5.73 Å². The summed E-state index contributed by atoms with van der Waals surface area (Å²) in [6.07, 6.45) is 8.61. The number of nitrogens with two attached hydrogens (primary N) is 1. The van der Waals surface area contributed by atoms with Crippen LogP contribution in [0.25, 0.3) is 0 Å². The van der Waals surface area contributed by atoms with Gasteiger partial charge >= 0.3 is 0 Å². The van der Waals surface area contributed by atoms with E-state index < -0.39 is 0 Å². The van der Waals surface area contributed by atoms with Gasteiger partial charge in [0.25, 0.3) is 0 Å². The SMILES string of the molecule is CCCC(CN)n1cncc1C(CC)CC. The Balaban J connectivity index is 2.90. The summed E-state index contributed by atoms with van der Waals surface area (Å²) in [6.45, 7) is 7.39. The van der Waals surface area contributed by atoms with Crippen LogP contribution in [0.2, 0.25) is 0 Å². The largest absolute Gasteiger partial charge is 0.330 e. The van der Waals surface area contributed by atoms with E-state index in [0.717, 1.165) is 6.42 Å². The number of imidazole rings is 1. The van der Waals surface area contributed by atoms with Crippen molar-refractivity contribution in [1.82, 2.24) is 9.55 Å². The van der Waals surface area contributed by atoms with Crippen molar-refractivity contribution in [1.29, 1.82) is 0 Å². The van der Waals surface area contributed by atoms with Crippen LogP contribution >= 0.6 is 0 Å². The van der Waals surface area contributed by atoms with Gasteiger partial charge in [0.05, 0.1) is 6.33 Å². The molecule has 0 radical (unpaired) electrons. The minimum Gasteiger partial charge on any atom is -0.330 e. The molecule has 0 aliphatic rings. The molecule has 1 rings (SSSR count). The van der Waals surface area contributed by atoms with Gasteiger partial charge in [0, 0.05) is 30.4 Å². The van der Waals surface area contributed by atoms with Crippen molar-refractivity contribution in [3.63, 3.8) is 0 Å². The Morgan fingerprint density at radius 3 is 2.50 bits per heavy atom. The second kappa shape index (κ2) is 6.69. The van der Waals surface area contributed by atoms with Crippen LogP contribution < -0.4 is 5.73 Å². The maximum atomic E-state index is 5.85. The smallest absolute Gasteiger partial charge is 0.0951 e. The molecule has 92 valence electrons. The first-order valence-corrected chi connectivity index (χ1v) is 6.50. The molecule has 1 aromatic rings. The summed E-state index contributed by atoms with van der Waals surface area (Å²) >= 11 is 0. The average molecular weight is 223 g/mol. The Bertz CT molecular complexity index is 289. The third-order valence-corrected chi connectivity index (χ3v) is 3.39. The highest BCUT2D eigenvalue weighted by atomic mass is 15.1. The van der Waals surface area contributed by atoms with Crippen molar-refractivity contribution < 1.29 is 0 Å². The normalized spacial score (nSPS) is 13.3. The molecule has 0 saturated carbocycles. The van der Waals surface area contributed by atoms with Gasteiger partial charge in [0.1, 0.15) is 0 Å². The molecule has 1 unspecified atom stereocenters. The second-order valence-electron chi connectivity index (χ2n) is 4.42. The first-order valence-electron chi connectivity index (χ1n) is 6.50. The van der Waals surface area contributed by atoms with Gasteiger partial charge in [-0.15, -0.1) is 0 Å². The molecule has 1 atom stereocenters. The maximum absolute atomic E-state index is 5.85. The van der Waals surface area contributed by atoms with Gasteiger partial charge in [0.2, 0.25) is 0 Å². The fraction of sp³-hybridized carbons (Fsp3) is 0.769. The van der Waals surface area contributed by atoms with Crippen LogP contribution in [0.3, 0.4) is 0 Å². The summed E-state index contributed by atoms with van der Waals surface area (Å²) in [6, 6.07) is 0.420. The minimum atomic E-state index is 0.420. The van der Waals surface area contributed by atoms with Crippen molar-refractivity contribution in [3.05, 3.63) is 18.2 Å². The van der Waals surface area contributed by atoms with Crippen LogP contribution in [0.1, 0.15) is 64.1 Å². The van der Waals surface area contributed by atoms with Crippen LogP contribution in [0.4, 0.5) is 0 Å². The van der Waals surface area contributed by atoms with Gasteiger partial charge in [-0.3, -0.25) is 0 Å². The average Bonchev–Trinajstić information content (AvgIpc) is 2.77. The molecule has 0 saturated heterocycles. The number of hydrogen-bond acceptors (Lipinski definition) is 2. The Morgan fingerprint density at radius 1 is 1.31 bits per heavy atom. The van der Waals surface area contributed by atoms with Crippen LogP contribution in [-0.4, -0.2) is 16.1 Å². The fourth-order valence-electron chi connectivity index (χ4n) is 2.35. The molecule has 2 N–H and O–H groups in total. The zero-order valence-corrected chi connectivity index (χ0v) is 10.8. The number of aromatic nitrogens is 2. The summed E-state index contributed by atoms with van der Waals surface area (Å²) in [7, 11) is 0. The van der Waals surface area contributed by atoms with Gasteiger partial charge < -0.3 is 10.3 Å². The molecule has 0 aliphatic carbocycles. The lowest BCUT2D eigenvalue weighted by atomic mass is 9.99. The van der Waals surface area contributed by atoms with Gasteiger partial charge in [-0.25, -0.2) is 4.98 Å². The highest BCUT2D eigenvalue weighted by molar-refractivity contribution is 5.07. The van der Waals surface area contributed by atoms with Crippen molar-refractivity contribution in [2.75, 3.05) is 6.54 Å². The molecule has 3 heteroatoms. The molecule has 0 amide bonds. The quantitative estimate of drug-likeness (QED) is 0.772. The zero-order chi connectivity index (χ0) is 12.0. The molecule has 1 aromatic heterocycles. The second-order valence-corrected chi connectivity index (χ2v) is 4.42. The highest BCUT2D eigenvalue weighted by Gasteiger charge is 2.17. The molecular weight excluding hydrogens is 198 g/mol. The third kappa shape index (κ3) is 2.85. The van der Waals surface area contributed by atoms with Gasteiger partial charge in [-0.05, 0) is 19.3 Å². The minimum absolute atomic E-state index is 0.420. The van der Waals surface area contributed by atoms with E-state index >= 15 is 0 Å². The summed E-state index contributed by atoms with van der Waals surface area (Å²) < 4.78 is 2.29. The lowest BCUT2D eigenvalue weighted by Crippen LogP contribution is -2.21. The van der Waals surface area contributed by atoms with Gasteiger partial charge in [0.15, 0.2) is 0 Å². The lowest BCUT2D eigenvalue weighted by molar-refractivity contribution is 0.438. The van der Waals surface area contributed by atoms with Crippen molar-refractivity contribution in [2.45, 2.75) is 58.4 Å². The van der Waals surface area contributed by atoms with E-state index in [0.29, 0.717) is 18.5 Å². The van der Waals surface area contributed by atoms with Crippen LogP contribution in [0.5, 0.6) is 0 Å². The third-order valence-electron chi connectivity index (χ3n) is 3.39. The van der Waals surface area contributed by atoms with Crippen molar-refractivity contribution in [3.8, 4) is 0 Å². The summed E-state index contributed by atoms with van der Waals surface area (Å²) in [5.41, 5.74) is 7.21. The molecule has 1 heterocycles. The monoisotopic (exact) mass is 223 g/mol. The topological polar surface area (TPSA) is 43.8 Å². The first kappa shape index (κ1) is 13.2. The van der Waals surface area contributed by atoms with Crippen LogP contribution in [0.15, 0.2) is 12.5 Å². The van der Waals surface area contributed by atoms with E-state index in [9.17, 15) is 0 Å². The summed E-state index contributed by atoms with van der Waals surface area (Å²) in [4.78, 5) is 4.30. The van der Waals surface area contributed by atoms with Crippen molar-refractivity contribution in [2.24, 2.45) is 5.73 Å². The molecule has 16 heavy (non-hydrogen) atoms. The predicted molar refractivity (Wildman–Crippen MR) is 68.5 cm³/mol. The number of hydrogen-bond donors (Lipinski definition) is 1. The van der Waals surface area contributed by atoms with Crippen LogP contribution in [-0.2, 0) is 0 Å². The molecular formula is C13H25N3. The molecule has 0 aromatic carbocycles. The van der Waals surface area contributed by atoms with E-state index in [1.54, 1.807) is 0 Å². The molecule has 0 spiro atoms. The molecule has 3 nitrogen and oxygen atoms in total. The number of nitrogens with zero attached hydrogens (tertiary/aromatic N) is 2. The molecule has 0 bridgehead atoms. The Labute approximate surface area is 99.1 Å². The predicted octanol–water partition coefficient (Wildman–Crippen LogP) is 3.09. The highest BCUT2D eigenvalue weighted by Crippen LogP contribution is 2.26. The Hall–Kier alpha value is -0.830. The maximum Gasteiger partial charge on any atom is 0.0951 e. The fourth-order valence-corrected chi connectivity index (χ4v) is 2.35. The number of rotatable bonds is 7. The molecule has 0 aliphatic heterocycles. The Kier molecular flexibility index (Phi) is 5.53. The molecule has 0 fully saturated rings. The van der Waals surface area contributed by atoms with E-state index in [1.807, 2.05) is 12.5 Å². The van der Waals surface area contributed by atoms with Gasteiger partial charge in [-0.1, -0.05) is 27.2 Å². The van der Waals surface area contributed by atoms with E-state index in [1.165, 1.54) is 25.0 Å². The summed E-state index contributed by atoms with van der Waals surface area (Å²) in [5, 5.41) is 0. The zero-order valence-electron chi connectivity index (χ0n) is 10.8. The first-order chi connectivity index (χ1) is 7.78. The summed E-state index contributed by atoms with van der Waals surface area (Å²) in [5.74, 6) is 0.619. The lowest BCUT2D eigenvalue weighted by Gasteiger charge is -2.22. The van der Waals surface area contributed by atoms with Crippen molar-refractivity contribution >= 4 is 0 Å². The van der Waals surface area contributed by atoms with Gasteiger partial charge in [-0.2, -0.15) is 0 Å². The van der Waals surface area contributed by atoms with E-state index in [-0.39, 0.29) is 0 Å². The van der Waals surface area contributed by atoms with Crippen LogP contribution in [0, 0.1) is 0 Å².